The number of rotatable bonds is 1. The number of carbonyl (C=O) groups is 1. The van der Waals surface area contributed by atoms with E-state index in [1.54, 1.807) is 11.3 Å². The van der Waals surface area contributed by atoms with Gasteiger partial charge in [-0.2, -0.15) is 0 Å². The van der Waals surface area contributed by atoms with Crippen molar-refractivity contribution in [2.45, 2.75) is 46.0 Å². The molecule has 0 unspecified atom stereocenters. The summed E-state index contributed by atoms with van der Waals surface area (Å²) >= 11 is 1.78. The van der Waals surface area contributed by atoms with Crippen LogP contribution in [-0.2, 0) is 19.3 Å². The third kappa shape index (κ3) is 2.61. The molecule has 1 amide bonds. The average Bonchev–Trinajstić information content (AvgIpc) is 2.96. The lowest BCUT2D eigenvalue weighted by atomic mass is 9.88. The Morgan fingerprint density at radius 1 is 1.30 bits per heavy atom. The largest absolute Gasteiger partial charge is 0.308 e. The maximum atomic E-state index is 13.2. The molecule has 1 aromatic carbocycles. The number of fused-ring (bicyclic) bond motifs is 2. The number of benzene rings is 1. The number of thiophene rings is 1. The summed E-state index contributed by atoms with van der Waals surface area (Å²) in [5.41, 5.74) is 6.01. The molecule has 0 fully saturated rings. The molecule has 2 heterocycles. The molecule has 2 aromatic rings. The Labute approximate surface area is 142 Å². The topological polar surface area (TPSA) is 20.3 Å². The fourth-order valence-corrected chi connectivity index (χ4v) is 5.18. The van der Waals surface area contributed by atoms with Gasteiger partial charge in [0.2, 0.25) is 0 Å². The van der Waals surface area contributed by atoms with Gasteiger partial charge in [0, 0.05) is 22.5 Å². The third-order valence-corrected chi connectivity index (χ3v) is 6.28. The molecule has 2 aliphatic rings. The van der Waals surface area contributed by atoms with Crippen molar-refractivity contribution in [3.05, 3.63) is 50.7 Å². The van der Waals surface area contributed by atoms with Gasteiger partial charge in [-0.15, -0.1) is 11.3 Å². The van der Waals surface area contributed by atoms with Crippen molar-refractivity contribution < 1.29 is 4.79 Å². The van der Waals surface area contributed by atoms with Crippen LogP contribution < -0.4 is 4.90 Å². The van der Waals surface area contributed by atoms with Crippen molar-refractivity contribution in [1.82, 2.24) is 0 Å². The Morgan fingerprint density at radius 3 is 3.04 bits per heavy atom. The average molecular weight is 325 g/mol. The first-order chi connectivity index (χ1) is 11.1. The normalized spacial score (nSPS) is 20.1. The quantitative estimate of drug-likeness (QED) is 0.739. The Kier molecular flexibility index (Phi) is 3.76. The Morgan fingerprint density at radius 2 is 2.17 bits per heavy atom. The van der Waals surface area contributed by atoms with Crippen LogP contribution in [0, 0.1) is 12.8 Å². The van der Waals surface area contributed by atoms with Crippen LogP contribution in [0.2, 0.25) is 0 Å². The Bertz CT molecular complexity index is 761. The van der Waals surface area contributed by atoms with E-state index in [1.807, 2.05) is 4.90 Å². The third-order valence-electron chi connectivity index (χ3n) is 5.23. The number of amides is 1. The van der Waals surface area contributed by atoms with Crippen molar-refractivity contribution in [2.75, 3.05) is 11.4 Å². The van der Waals surface area contributed by atoms with E-state index in [-0.39, 0.29) is 5.91 Å². The van der Waals surface area contributed by atoms with Gasteiger partial charge in [-0.25, -0.2) is 0 Å². The summed E-state index contributed by atoms with van der Waals surface area (Å²) < 4.78 is 0. The van der Waals surface area contributed by atoms with Crippen LogP contribution in [0.1, 0.15) is 51.7 Å². The monoisotopic (exact) mass is 325 g/mol. The van der Waals surface area contributed by atoms with Gasteiger partial charge in [-0.3, -0.25) is 4.79 Å². The molecule has 0 bridgehead atoms. The number of carbonyl (C=O) groups excluding carboxylic acids is 1. The first-order valence-electron chi connectivity index (χ1n) is 8.64. The zero-order chi connectivity index (χ0) is 16.0. The highest BCUT2D eigenvalue weighted by Crippen LogP contribution is 2.35. The molecule has 3 heteroatoms. The van der Waals surface area contributed by atoms with E-state index in [1.165, 1.54) is 28.0 Å². The fraction of sp³-hybridized carbons (Fsp3) is 0.450. The summed E-state index contributed by atoms with van der Waals surface area (Å²) in [5.74, 6) is 0.963. The second-order valence-electron chi connectivity index (χ2n) is 7.09. The number of anilines is 1. The van der Waals surface area contributed by atoms with Crippen molar-refractivity contribution >= 4 is 22.9 Å². The van der Waals surface area contributed by atoms with Gasteiger partial charge in [-0.1, -0.05) is 24.6 Å². The van der Waals surface area contributed by atoms with E-state index in [4.69, 9.17) is 0 Å². The van der Waals surface area contributed by atoms with Gasteiger partial charge in [0.1, 0.15) is 0 Å². The molecule has 4 rings (SSSR count). The fourth-order valence-electron chi connectivity index (χ4n) is 3.94. The van der Waals surface area contributed by atoms with Crippen LogP contribution in [0.25, 0.3) is 0 Å². The van der Waals surface area contributed by atoms with E-state index in [0.29, 0.717) is 0 Å². The Balaban J connectivity index is 1.69. The number of nitrogens with zero attached hydrogens (tertiary/aromatic N) is 1. The zero-order valence-electron chi connectivity index (χ0n) is 13.9. The van der Waals surface area contributed by atoms with Crippen LogP contribution in [0.3, 0.4) is 0 Å². The minimum Gasteiger partial charge on any atom is -0.308 e. The first-order valence-corrected chi connectivity index (χ1v) is 9.52. The molecule has 1 aliphatic heterocycles. The Hall–Kier alpha value is -1.61. The van der Waals surface area contributed by atoms with Crippen molar-refractivity contribution in [1.29, 1.82) is 0 Å². The number of hydrogen-bond donors (Lipinski definition) is 0. The molecule has 2 nitrogen and oxygen atoms in total. The molecule has 120 valence electrons. The van der Waals surface area contributed by atoms with Gasteiger partial charge in [-0.05, 0) is 62.1 Å². The number of hydrogen-bond acceptors (Lipinski definition) is 2. The molecule has 1 aliphatic carbocycles. The van der Waals surface area contributed by atoms with Crippen molar-refractivity contribution in [3.8, 4) is 0 Å². The molecule has 0 saturated heterocycles. The highest BCUT2D eigenvalue weighted by atomic mass is 32.1. The molecule has 1 aromatic heterocycles. The SMILES string of the molecule is Cc1ccc2c(c1)CCCN2C(=O)c1csc2c1CC[C@@H](C)C2. The predicted molar refractivity (Wildman–Crippen MR) is 96.7 cm³/mol. The van der Waals surface area contributed by atoms with Gasteiger partial charge >= 0.3 is 0 Å². The molecule has 0 saturated carbocycles. The highest BCUT2D eigenvalue weighted by molar-refractivity contribution is 7.10. The standard InChI is InChI=1S/C20H23NOS/c1-13-6-8-18-15(10-13)4-3-9-21(18)20(22)17-12-23-19-11-14(2)5-7-16(17)19/h6,8,10,12,14H,3-5,7,9,11H2,1-2H3/t14-/m1/s1. The lowest BCUT2D eigenvalue weighted by Crippen LogP contribution is -2.36. The van der Waals surface area contributed by atoms with Gasteiger partial charge in [0.25, 0.3) is 5.91 Å². The molecule has 23 heavy (non-hydrogen) atoms. The smallest absolute Gasteiger partial charge is 0.259 e. The van der Waals surface area contributed by atoms with E-state index < -0.39 is 0 Å². The van der Waals surface area contributed by atoms with Gasteiger partial charge in [0.05, 0.1) is 5.56 Å². The summed E-state index contributed by atoms with van der Waals surface area (Å²) in [6.07, 6.45) is 5.56. The minimum atomic E-state index is 0.210. The van der Waals surface area contributed by atoms with Gasteiger partial charge in [0.15, 0.2) is 0 Å². The van der Waals surface area contributed by atoms with Crippen molar-refractivity contribution in [3.63, 3.8) is 0 Å². The maximum absolute atomic E-state index is 13.2. The maximum Gasteiger partial charge on any atom is 0.259 e. The van der Waals surface area contributed by atoms with Crippen molar-refractivity contribution in [2.24, 2.45) is 5.92 Å². The molecular formula is C20H23NOS. The van der Waals surface area contributed by atoms with E-state index >= 15 is 0 Å². The van der Waals surface area contributed by atoms with E-state index in [9.17, 15) is 4.79 Å². The molecule has 0 N–H and O–H groups in total. The van der Waals surface area contributed by atoms with Crippen LogP contribution in [0.4, 0.5) is 5.69 Å². The summed E-state index contributed by atoms with van der Waals surface area (Å²) in [7, 11) is 0. The highest BCUT2D eigenvalue weighted by Gasteiger charge is 2.28. The zero-order valence-corrected chi connectivity index (χ0v) is 14.7. The van der Waals surface area contributed by atoms with Crippen LogP contribution >= 0.6 is 11.3 Å². The lowest BCUT2D eigenvalue weighted by molar-refractivity contribution is 0.0984. The molecule has 0 radical (unpaired) electrons. The van der Waals surface area contributed by atoms with E-state index in [2.05, 4.69) is 37.4 Å². The second-order valence-corrected chi connectivity index (χ2v) is 8.06. The minimum absolute atomic E-state index is 0.210. The predicted octanol–water partition coefficient (Wildman–Crippen LogP) is 4.77. The lowest BCUT2D eigenvalue weighted by Gasteiger charge is -2.30. The molecule has 1 atom stereocenters. The first kappa shape index (κ1) is 14.9. The summed E-state index contributed by atoms with van der Waals surface area (Å²) in [4.78, 5) is 16.6. The van der Waals surface area contributed by atoms with Crippen LogP contribution in [0.5, 0.6) is 0 Å². The number of aryl methyl sites for hydroxylation is 2. The van der Waals surface area contributed by atoms with Gasteiger partial charge < -0.3 is 4.90 Å². The van der Waals surface area contributed by atoms with Crippen LogP contribution in [0.15, 0.2) is 23.6 Å². The van der Waals surface area contributed by atoms with Crippen LogP contribution in [-0.4, -0.2) is 12.5 Å². The summed E-state index contributed by atoms with van der Waals surface area (Å²) in [6.45, 7) is 5.28. The summed E-state index contributed by atoms with van der Waals surface area (Å²) in [5, 5.41) is 2.10. The molecule has 0 spiro atoms. The summed E-state index contributed by atoms with van der Waals surface area (Å²) in [6, 6.07) is 6.48. The molecular weight excluding hydrogens is 302 g/mol. The van der Waals surface area contributed by atoms with E-state index in [0.717, 1.165) is 49.4 Å². The second kappa shape index (κ2) is 5.79.